The van der Waals surface area contributed by atoms with E-state index in [1.54, 1.807) is 0 Å². The number of rotatable bonds is 1. The van der Waals surface area contributed by atoms with E-state index in [-0.39, 0.29) is 21.9 Å². The molecule has 0 fully saturated rings. The van der Waals surface area contributed by atoms with Crippen molar-refractivity contribution >= 4 is 39.2 Å². The molecule has 86 valence electrons. The molecule has 1 aromatic heterocycles. The molecule has 0 bridgehead atoms. The Hall–Kier alpha value is -1.67. The molecule has 0 saturated carbocycles. The summed E-state index contributed by atoms with van der Waals surface area (Å²) in [6, 6.07) is 0. The zero-order valence-corrected chi connectivity index (χ0v) is 9.51. The molecule has 6 N–H and O–H groups in total. The number of hydrogen-bond donors (Lipinski definition) is 5. The molecule has 0 amide bonds. The maximum Gasteiger partial charge on any atom is 0.354 e. The van der Waals surface area contributed by atoms with Gasteiger partial charge in [0.25, 0.3) is 0 Å². The molecular weight excluding hydrogens is 252 g/mol. The van der Waals surface area contributed by atoms with Crippen molar-refractivity contribution in [2.45, 2.75) is 4.21 Å². The predicted molar refractivity (Wildman–Crippen MR) is 61.8 cm³/mol. The maximum absolute atomic E-state index is 11.0. The number of carboxylic acid groups (broad SMARTS) is 2. The topological polar surface area (TPSA) is 127 Å². The average molecular weight is 260 g/mol. The van der Waals surface area contributed by atoms with Crippen LogP contribution >= 0.6 is 22.2 Å². The summed E-state index contributed by atoms with van der Waals surface area (Å²) < 4.78 is 0.454. The Kier molecular flexibility index (Phi) is 2.32. The Balaban J connectivity index is 2.67. The standard InChI is InChI=1S/C8H8N2O4S2/c9-4-3-2(6(11)12)1-15-7(3)16(5(4)10)8(13)14/h1,16H,9-10H2,(H,11,12)(H,13,14). The van der Waals surface area contributed by atoms with E-state index < -0.39 is 22.2 Å². The summed E-state index contributed by atoms with van der Waals surface area (Å²) in [6.07, 6.45) is 0. The Morgan fingerprint density at radius 1 is 1.31 bits per heavy atom. The van der Waals surface area contributed by atoms with Gasteiger partial charge in [0, 0.05) is 10.9 Å². The van der Waals surface area contributed by atoms with Gasteiger partial charge in [0.2, 0.25) is 0 Å². The van der Waals surface area contributed by atoms with E-state index in [9.17, 15) is 9.59 Å². The van der Waals surface area contributed by atoms with Gasteiger partial charge in [-0.1, -0.05) is 10.9 Å². The molecule has 16 heavy (non-hydrogen) atoms. The van der Waals surface area contributed by atoms with Gasteiger partial charge in [-0.25, -0.2) is 9.59 Å². The van der Waals surface area contributed by atoms with Gasteiger partial charge >= 0.3 is 11.3 Å². The lowest BCUT2D eigenvalue weighted by Crippen LogP contribution is -2.07. The monoisotopic (exact) mass is 260 g/mol. The lowest BCUT2D eigenvalue weighted by molar-refractivity contribution is 0.0697. The Labute approximate surface area is 96.5 Å². The number of aromatic carboxylic acids is 1. The summed E-state index contributed by atoms with van der Waals surface area (Å²) >= 11 is 1.08. The normalized spacial score (nSPS) is 20.9. The molecule has 0 spiro atoms. The summed E-state index contributed by atoms with van der Waals surface area (Å²) in [5.41, 5.74) is 11.6. The first kappa shape index (κ1) is 10.8. The highest BCUT2D eigenvalue weighted by atomic mass is 32.2. The lowest BCUT2D eigenvalue weighted by atomic mass is 10.1. The number of carbonyl (C=O) groups is 2. The van der Waals surface area contributed by atoms with Crippen LogP contribution in [0.4, 0.5) is 4.79 Å². The highest BCUT2D eigenvalue weighted by molar-refractivity contribution is 8.33. The van der Waals surface area contributed by atoms with Crippen molar-refractivity contribution in [1.82, 2.24) is 0 Å². The second kappa shape index (κ2) is 3.42. The molecule has 1 aromatic rings. The average Bonchev–Trinajstić information content (AvgIpc) is 2.68. The molecule has 1 atom stereocenters. The highest BCUT2D eigenvalue weighted by Crippen LogP contribution is 2.56. The molecule has 0 aliphatic carbocycles. The third-order valence-corrected chi connectivity index (χ3v) is 5.56. The number of nitrogens with two attached hydrogens (primary N) is 2. The SMILES string of the molecule is NC1=C(N)[SH](C(=O)O)c2scc(C(=O)O)c21. The smallest absolute Gasteiger partial charge is 0.354 e. The van der Waals surface area contributed by atoms with Crippen molar-refractivity contribution in [1.29, 1.82) is 0 Å². The first-order valence-corrected chi connectivity index (χ1v) is 6.30. The first-order chi connectivity index (χ1) is 7.45. The van der Waals surface area contributed by atoms with E-state index >= 15 is 0 Å². The van der Waals surface area contributed by atoms with Crippen LogP contribution < -0.4 is 11.5 Å². The molecule has 1 unspecified atom stereocenters. The van der Waals surface area contributed by atoms with Crippen LogP contribution in [0.15, 0.2) is 14.6 Å². The number of thiol groups is 1. The number of carboxylic acids is 1. The summed E-state index contributed by atoms with van der Waals surface area (Å²) in [5, 5.41) is 18.3. The molecule has 1 aliphatic rings. The second-order valence-corrected chi connectivity index (χ2v) is 6.22. The summed E-state index contributed by atoms with van der Waals surface area (Å²) in [6.45, 7) is 0. The van der Waals surface area contributed by atoms with E-state index in [1.807, 2.05) is 0 Å². The molecule has 1 aliphatic heterocycles. The first-order valence-electron chi connectivity index (χ1n) is 4.08. The van der Waals surface area contributed by atoms with Crippen LogP contribution in [0.3, 0.4) is 0 Å². The van der Waals surface area contributed by atoms with E-state index in [0.717, 1.165) is 11.3 Å². The minimum Gasteiger partial charge on any atom is -0.478 e. The van der Waals surface area contributed by atoms with Crippen molar-refractivity contribution in [3.8, 4) is 0 Å². The van der Waals surface area contributed by atoms with Gasteiger partial charge in [-0.2, -0.15) is 0 Å². The van der Waals surface area contributed by atoms with Gasteiger partial charge in [-0.3, -0.25) is 0 Å². The van der Waals surface area contributed by atoms with Crippen LogP contribution in [0.2, 0.25) is 0 Å². The molecule has 8 heteroatoms. The Morgan fingerprint density at radius 2 is 1.94 bits per heavy atom. The van der Waals surface area contributed by atoms with Gasteiger partial charge in [0.05, 0.1) is 20.5 Å². The van der Waals surface area contributed by atoms with Gasteiger partial charge in [0.15, 0.2) is 0 Å². The largest absolute Gasteiger partial charge is 0.478 e. The third kappa shape index (κ3) is 1.27. The summed E-state index contributed by atoms with van der Waals surface area (Å²) in [4.78, 5) is 21.9. The summed E-state index contributed by atoms with van der Waals surface area (Å²) in [5.74, 6) is -1.13. The molecule has 2 rings (SSSR count). The van der Waals surface area contributed by atoms with Crippen molar-refractivity contribution in [3.63, 3.8) is 0 Å². The van der Waals surface area contributed by atoms with E-state index in [2.05, 4.69) is 0 Å². The fraction of sp³-hybridized carbons (Fsp3) is 0. The van der Waals surface area contributed by atoms with Gasteiger partial charge < -0.3 is 21.7 Å². The maximum atomic E-state index is 11.0. The van der Waals surface area contributed by atoms with Crippen molar-refractivity contribution < 1.29 is 19.8 Å². The van der Waals surface area contributed by atoms with Crippen LogP contribution in [-0.2, 0) is 0 Å². The van der Waals surface area contributed by atoms with Crippen LogP contribution in [0, 0.1) is 0 Å². The van der Waals surface area contributed by atoms with Gasteiger partial charge in [-0.05, 0) is 0 Å². The lowest BCUT2D eigenvalue weighted by Gasteiger charge is -2.09. The van der Waals surface area contributed by atoms with E-state index in [1.165, 1.54) is 5.38 Å². The molecule has 0 aromatic carbocycles. The van der Waals surface area contributed by atoms with E-state index in [0.29, 0.717) is 4.21 Å². The summed E-state index contributed by atoms with van der Waals surface area (Å²) in [7, 11) is -1.72. The van der Waals surface area contributed by atoms with Crippen molar-refractivity contribution in [2.24, 2.45) is 11.5 Å². The Bertz CT molecular complexity index is 534. The van der Waals surface area contributed by atoms with Crippen LogP contribution in [0.1, 0.15) is 15.9 Å². The quantitative estimate of drug-likeness (QED) is 0.480. The zero-order chi connectivity index (χ0) is 12.0. The number of fused-ring (bicyclic) bond motifs is 1. The highest BCUT2D eigenvalue weighted by Gasteiger charge is 2.35. The van der Waals surface area contributed by atoms with E-state index in [4.69, 9.17) is 21.7 Å². The minimum atomic E-state index is -1.72. The van der Waals surface area contributed by atoms with Crippen LogP contribution in [-0.4, -0.2) is 21.5 Å². The van der Waals surface area contributed by atoms with Crippen molar-refractivity contribution in [3.05, 3.63) is 21.5 Å². The number of hydrogen-bond acceptors (Lipinski definition) is 5. The fourth-order valence-corrected chi connectivity index (χ4v) is 4.79. The molecule has 6 nitrogen and oxygen atoms in total. The zero-order valence-electron chi connectivity index (χ0n) is 7.80. The molecule has 0 saturated heterocycles. The number of thiophene rings is 1. The molecule has 0 radical (unpaired) electrons. The fourth-order valence-electron chi connectivity index (χ4n) is 1.48. The minimum absolute atomic E-state index is 0.0201. The predicted octanol–water partition coefficient (Wildman–Crippen LogP) is 1.04. The van der Waals surface area contributed by atoms with Gasteiger partial charge in [0.1, 0.15) is 0 Å². The molecule has 2 heterocycles. The second-order valence-electron chi connectivity index (χ2n) is 3.05. The van der Waals surface area contributed by atoms with Gasteiger partial charge in [-0.15, -0.1) is 11.3 Å². The Morgan fingerprint density at radius 3 is 2.44 bits per heavy atom. The van der Waals surface area contributed by atoms with Crippen LogP contribution in [0.5, 0.6) is 0 Å². The van der Waals surface area contributed by atoms with Crippen molar-refractivity contribution in [2.75, 3.05) is 0 Å². The third-order valence-electron chi connectivity index (χ3n) is 2.18. The van der Waals surface area contributed by atoms with Crippen LogP contribution in [0.25, 0.3) is 5.70 Å². The molecular formula is C8H8N2O4S2.